The van der Waals surface area contributed by atoms with Crippen molar-refractivity contribution in [1.29, 1.82) is 0 Å². The molecule has 0 bridgehead atoms. The highest BCUT2D eigenvalue weighted by Crippen LogP contribution is 2.55. The van der Waals surface area contributed by atoms with Crippen LogP contribution in [0.2, 0.25) is 0 Å². The van der Waals surface area contributed by atoms with Crippen LogP contribution < -0.4 is 0 Å². The topological polar surface area (TPSA) is 40.5 Å². The summed E-state index contributed by atoms with van der Waals surface area (Å²) in [6.45, 7) is 6.25. The van der Waals surface area contributed by atoms with E-state index in [1.165, 1.54) is 18.4 Å². The molecule has 2 fully saturated rings. The Labute approximate surface area is 121 Å². The summed E-state index contributed by atoms with van der Waals surface area (Å²) in [6.07, 6.45) is 5.52. The molecular formula is C18H26O2. The van der Waals surface area contributed by atoms with Gasteiger partial charge in [-0.05, 0) is 79.9 Å². The summed E-state index contributed by atoms with van der Waals surface area (Å²) in [5, 5.41) is 20.2. The van der Waals surface area contributed by atoms with Gasteiger partial charge >= 0.3 is 0 Å². The van der Waals surface area contributed by atoms with Gasteiger partial charge in [0.15, 0.2) is 0 Å². The van der Waals surface area contributed by atoms with Crippen molar-refractivity contribution in [1.82, 2.24) is 0 Å². The molecule has 1 aromatic rings. The normalized spacial score (nSPS) is 36.9. The minimum Gasteiger partial charge on any atom is -0.507 e. The molecule has 2 aliphatic rings. The molecule has 0 spiro atoms. The maximum atomic E-state index is 10.2. The third-order valence-corrected chi connectivity index (χ3v) is 6.07. The van der Waals surface area contributed by atoms with E-state index in [1.54, 1.807) is 0 Å². The van der Waals surface area contributed by atoms with Crippen molar-refractivity contribution in [2.24, 2.45) is 11.3 Å². The second-order valence-electron chi connectivity index (χ2n) is 7.27. The lowest BCUT2D eigenvalue weighted by atomic mass is 9.64. The van der Waals surface area contributed by atoms with Gasteiger partial charge in [0.05, 0.1) is 6.10 Å². The number of hydrogen-bond donors (Lipinski definition) is 2. The van der Waals surface area contributed by atoms with Crippen molar-refractivity contribution in [3.63, 3.8) is 0 Å². The number of aryl methyl sites for hydroxylation is 2. The molecule has 2 aliphatic carbocycles. The van der Waals surface area contributed by atoms with Crippen LogP contribution in [0.1, 0.15) is 61.6 Å². The van der Waals surface area contributed by atoms with Crippen LogP contribution in [0, 0.1) is 25.2 Å². The van der Waals surface area contributed by atoms with Gasteiger partial charge in [-0.3, -0.25) is 0 Å². The Morgan fingerprint density at radius 1 is 1.10 bits per heavy atom. The zero-order valence-electron chi connectivity index (χ0n) is 12.8. The van der Waals surface area contributed by atoms with E-state index in [0.29, 0.717) is 17.6 Å². The van der Waals surface area contributed by atoms with Gasteiger partial charge in [0.25, 0.3) is 0 Å². The van der Waals surface area contributed by atoms with E-state index in [4.69, 9.17) is 0 Å². The van der Waals surface area contributed by atoms with Crippen LogP contribution in [0.3, 0.4) is 0 Å². The van der Waals surface area contributed by atoms with E-state index >= 15 is 0 Å². The first-order valence-electron chi connectivity index (χ1n) is 7.90. The molecule has 2 heteroatoms. The number of benzene rings is 1. The van der Waals surface area contributed by atoms with Gasteiger partial charge in [0.1, 0.15) is 5.75 Å². The predicted octanol–water partition coefficient (Wildman–Crippen LogP) is 4.05. The third-order valence-electron chi connectivity index (χ3n) is 6.07. The molecule has 20 heavy (non-hydrogen) atoms. The quantitative estimate of drug-likeness (QED) is 0.811. The van der Waals surface area contributed by atoms with Crippen molar-refractivity contribution < 1.29 is 10.2 Å². The molecule has 4 atom stereocenters. The van der Waals surface area contributed by atoms with Crippen molar-refractivity contribution in [2.45, 2.75) is 64.9 Å². The summed E-state index contributed by atoms with van der Waals surface area (Å²) in [7, 11) is 0. The average molecular weight is 274 g/mol. The first-order chi connectivity index (χ1) is 9.41. The van der Waals surface area contributed by atoms with Crippen LogP contribution in [-0.2, 0) is 0 Å². The Morgan fingerprint density at radius 2 is 1.75 bits per heavy atom. The lowest BCUT2D eigenvalue weighted by molar-refractivity contribution is 0.00871. The average Bonchev–Trinajstić information content (AvgIpc) is 2.71. The lowest BCUT2D eigenvalue weighted by Crippen LogP contribution is -2.37. The highest BCUT2D eigenvalue weighted by atomic mass is 16.3. The van der Waals surface area contributed by atoms with Crippen LogP contribution in [0.5, 0.6) is 5.75 Å². The molecule has 2 nitrogen and oxygen atoms in total. The highest BCUT2D eigenvalue weighted by Gasteiger charge is 2.48. The van der Waals surface area contributed by atoms with E-state index in [9.17, 15) is 10.2 Å². The number of phenolic OH excluding ortho intramolecular Hbond substituents is 1. The number of aromatic hydroxyl groups is 1. The first-order valence-corrected chi connectivity index (χ1v) is 7.90. The standard InChI is InChI=1S/C18H26O2/c1-11-8-14(9-12(2)17(11)20)13-6-7-18(3)15(10-13)4-5-16(18)19/h8-9,13,15-16,19-20H,4-7,10H2,1-3H3/t13?,15-,16+,18+/m1/s1. The molecule has 0 aromatic heterocycles. The maximum Gasteiger partial charge on any atom is 0.121 e. The molecule has 1 unspecified atom stereocenters. The minimum absolute atomic E-state index is 0.100. The van der Waals surface area contributed by atoms with Gasteiger partial charge in [-0.2, -0.15) is 0 Å². The Kier molecular flexibility index (Phi) is 3.32. The fourth-order valence-corrected chi connectivity index (χ4v) is 4.52. The molecule has 0 amide bonds. The summed E-state index contributed by atoms with van der Waals surface area (Å²) in [5.74, 6) is 1.69. The van der Waals surface area contributed by atoms with Crippen molar-refractivity contribution >= 4 is 0 Å². The molecular weight excluding hydrogens is 248 g/mol. The third kappa shape index (κ3) is 2.05. The zero-order chi connectivity index (χ0) is 14.5. The summed E-state index contributed by atoms with van der Waals surface area (Å²) in [6, 6.07) is 4.31. The number of aliphatic hydroxyl groups excluding tert-OH is 1. The molecule has 0 radical (unpaired) electrons. The minimum atomic E-state index is -0.100. The maximum absolute atomic E-state index is 10.2. The Balaban J connectivity index is 1.84. The van der Waals surface area contributed by atoms with Gasteiger partial charge in [-0.1, -0.05) is 19.1 Å². The Hall–Kier alpha value is -1.02. The number of phenols is 1. The summed E-state index contributed by atoms with van der Waals surface area (Å²) in [4.78, 5) is 0. The number of hydrogen-bond acceptors (Lipinski definition) is 2. The van der Waals surface area contributed by atoms with Gasteiger partial charge < -0.3 is 10.2 Å². The van der Waals surface area contributed by atoms with E-state index in [-0.39, 0.29) is 11.5 Å². The monoisotopic (exact) mass is 274 g/mol. The zero-order valence-corrected chi connectivity index (χ0v) is 12.8. The number of fused-ring (bicyclic) bond motifs is 1. The van der Waals surface area contributed by atoms with Crippen LogP contribution in [0.4, 0.5) is 0 Å². The molecule has 1 aromatic carbocycles. The molecule has 0 heterocycles. The van der Waals surface area contributed by atoms with Crippen LogP contribution >= 0.6 is 0 Å². The highest BCUT2D eigenvalue weighted by molar-refractivity contribution is 5.43. The first kappa shape index (κ1) is 13.9. The van der Waals surface area contributed by atoms with Crippen molar-refractivity contribution in [3.8, 4) is 5.75 Å². The van der Waals surface area contributed by atoms with E-state index in [1.807, 2.05) is 13.8 Å². The largest absolute Gasteiger partial charge is 0.507 e. The summed E-state index contributed by atoms with van der Waals surface area (Å²) >= 11 is 0. The lowest BCUT2D eigenvalue weighted by Gasteiger charge is -2.42. The summed E-state index contributed by atoms with van der Waals surface area (Å²) < 4.78 is 0. The van der Waals surface area contributed by atoms with Gasteiger partial charge in [-0.15, -0.1) is 0 Å². The fraction of sp³-hybridized carbons (Fsp3) is 0.667. The Morgan fingerprint density at radius 3 is 2.40 bits per heavy atom. The molecule has 0 saturated heterocycles. The van der Waals surface area contributed by atoms with Crippen LogP contribution in [-0.4, -0.2) is 16.3 Å². The molecule has 2 saturated carbocycles. The Bertz CT molecular complexity index is 499. The molecule has 2 N–H and O–H groups in total. The van der Waals surface area contributed by atoms with E-state index in [0.717, 1.165) is 30.4 Å². The number of aliphatic hydroxyl groups is 1. The second kappa shape index (κ2) is 4.77. The fourth-order valence-electron chi connectivity index (χ4n) is 4.52. The van der Waals surface area contributed by atoms with Gasteiger partial charge in [0.2, 0.25) is 0 Å². The van der Waals surface area contributed by atoms with E-state index < -0.39 is 0 Å². The SMILES string of the molecule is Cc1cc(C2CC[C@@]3(C)[C@H](CC[C@@H]3O)C2)cc(C)c1O. The van der Waals surface area contributed by atoms with Crippen molar-refractivity contribution in [2.75, 3.05) is 0 Å². The molecule has 110 valence electrons. The second-order valence-corrected chi connectivity index (χ2v) is 7.27. The van der Waals surface area contributed by atoms with Crippen molar-refractivity contribution in [3.05, 3.63) is 28.8 Å². The van der Waals surface area contributed by atoms with Gasteiger partial charge in [-0.25, -0.2) is 0 Å². The summed E-state index contributed by atoms with van der Waals surface area (Å²) in [5.41, 5.74) is 3.50. The smallest absolute Gasteiger partial charge is 0.121 e. The number of rotatable bonds is 1. The predicted molar refractivity (Wildman–Crippen MR) is 81.0 cm³/mol. The van der Waals surface area contributed by atoms with Crippen LogP contribution in [0.25, 0.3) is 0 Å². The molecule has 0 aliphatic heterocycles. The van der Waals surface area contributed by atoms with E-state index in [2.05, 4.69) is 19.1 Å². The molecule has 3 rings (SSSR count). The van der Waals surface area contributed by atoms with Gasteiger partial charge in [0, 0.05) is 0 Å². The van der Waals surface area contributed by atoms with Crippen LogP contribution in [0.15, 0.2) is 12.1 Å².